The lowest BCUT2D eigenvalue weighted by Gasteiger charge is -2.14. The Morgan fingerprint density at radius 2 is 1.83 bits per heavy atom. The van der Waals surface area contributed by atoms with Gasteiger partial charge in [0.05, 0.1) is 15.4 Å². The molecule has 0 fully saturated rings. The molecule has 0 radical (unpaired) electrons. The van der Waals surface area contributed by atoms with E-state index in [0.717, 1.165) is 6.04 Å². The van der Waals surface area contributed by atoms with Crippen LogP contribution in [0, 0.1) is 6.92 Å². The lowest BCUT2D eigenvalue weighted by molar-refractivity contribution is -0.142. The number of carbonyl (C=O) groups is 1. The van der Waals surface area contributed by atoms with Crippen LogP contribution in [0.25, 0.3) is 0 Å². The van der Waals surface area contributed by atoms with E-state index in [0.29, 0.717) is 13.0 Å². The predicted molar refractivity (Wildman–Crippen MR) is 79.1 cm³/mol. The largest absolute Gasteiger partial charge is 0.466 e. The Kier molecular flexibility index (Phi) is 6.72. The number of carbonyl (C=O) groups excluding carboxylic acids is 1. The summed E-state index contributed by atoms with van der Waals surface area (Å²) in [6.07, 6.45) is 1.78. The molecule has 0 aliphatic carbocycles. The van der Waals surface area contributed by atoms with Gasteiger partial charge in [-0.25, -0.2) is 0 Å². The maximum absolute atomic E-state index is 11.4. The van der Waals surface area contributed by atoms with Crippen molar-refractivity contribution < 1.29 is 9.53 Å². The van der Waals surface area contributed by atoms with E-state index in [-0.39, 0.29) is 5.97 Å². The average molecular weight is 264 g/mol. The van der Waals surface area contributed by atoms with E-state index >= 15 is 0 Å². The second kappa shape index (κ2) is 8.09. The van der Waals surface area contributed by atoms with Gasteiger partial charge in [-0.05, 0) is 19.9 Å². The number of rotatable bonds is 7. The molecule has 1 atom stereocenters. The van der Waals surface area contributed by atoms with Crippen LogP contribution >= 0.6 is 0 Å². The van der Waals surface area contributed by atoms with Gasteiger partial charge in [-0.2, -0.15) is 0 Å². The molecule has 0 saturated carbocycles. The summed E-state index contributed by atoms with van der Waals surface area (Å²) < 4.78 is 5.01. The minimum atomic E-state index is -0.995. The molecule has 1 rings (SSSR count). The summed E-state index contributed by atoms with van der Waals surface area (Å²) in [6, 6.07) is 11.1. The van der Waals surface area contributed by atoms with E-state index in [2.05, 4.69) is 38.1 Å². The molecule has 1 unspecified atom stereocenters. The first kappa shape index (κ1) is 15.0. The minimum absolute atomic E-state index is 0.0433. The number of benzene rings is 1. The standard InChI is InChI=1S/C15H24O2Si/c1-4-11-18(12-10-15(16)17-5-2)14-8-6-13(3)7-9-14/h6-9,18H,4-5,10-12H2,1-3H3. The van der Waals surface area contributed by atoms with Gasteiger partial charge in [0, 0.05) is 6.42 Å². The zero-order chi connectivity index (χ0) is 13.4. The SMILES string of the molecule is CCC[SiH](CCC(=O)OCC)c1ccc(C)cc1. The molecule has 0 spiro atoms. The smallest absolute Gasteiger partial charge is 0.305 e. The second-order valence-electron chi connectivity index (χ2n) is 4.74. The number of esters is 1. The molecule has 0 aromatic heterocycles. The topological polar surface area (TPSA) is 26.3 Å². The Balaban J connectivity index is 2.59. The number of hydrogen-bond acceptors (Lipinski definition) is 2. The van der Waals surface area contributed by atoms with E-state index in [1.165, 1.54) is 23.2 Å². The summed E-state index contributed by atoms with van der Waals surface area (Å²) in [4.78, 5) is 11.4. The Labute approximate surface area is 112 Å². The lowest BCUT2D eigenvalue weighted by atomic mass is 10.2. The summed E-state index contributed by atoms with van der Waals surface area (Å²) in [5.41, 5.74) is 1.30. The van der Waals surface area contributed by atoms with Crippen LogP contribution < -0.4 is 5.19 Å². The van der Waals surface area contributed by atoms with Gasteiger partial charge in [-0.3, -0.25) is 4.79 Å². The van der Waals surface area contributed by atoms with Crippen LogP contribution in [0.15, 0.2) is 24.3 Å². The summed E-state index contributed by atoms with van der Waals surface area (Å²) in [5, 5.41) is 1.48. The third kappa shape index (κ3) is 5.04. The minimum Gasteiger partial charge on any atom is -0.466 e. The molecule has 0 amide bonds. The van der Waals surface area contributed by atoms with Gasteiger partial charge in [0.25, 0.3) is 0 Å². The van der Waals surface area contributed by atoms with E-state index in [1.807, 2.05) is 6.92 Å². The Morgan fingerprint density at radius 3 is 2.39 bits per heavy atom. The van der Waals surface area contributed by atoms with Gasteiger partial charge in [-0.15, -0.1) is 0 Å². The highest BCUT2D eigenvalue weighted by atomic mass is 28.3. The highest BCUT2D eigenvalue weighted by Gasteiger charge is 2.14. The molecule has 100 valence electrons. The van der Waals surface area contributed by atoms with Crippen molar-refractivity contribution >= 4 is 20.0 Å². The van der Waals surface area contributed by atoms with Crippen LogP contribution in [0.3, 0.4) is 0 Å². The second-order valence-corrected chi connectivity index (χ2v) is 7.96. The van der Waals surface area contributed by atoms with Crippen molar-refractivity contribution in [1.29, 1.82) is 0 Å². The van der Waals surface area contributed by atoms with Crippen molar-refractivity contribution in [2.45, 2.75) is 45.7 Å². The fourth-order valence-electron chi connectivity index (χ4n) is 2.19. The van der Waals surface area contributed by atoms with E-state index < -0.39 is 8.80 Å². The highest BCUT2D eigenvalue weighted by molar-refractivity contribution is 6.73. The normalized spacial score (nSPS) is 12.2. The van der Waals surface area contributed by atoms with Crippen LogP contribution in [-0.2, 0) is 9.53 Å². The molecule has 0 saturated heterocycles. The number of aryl methyl sites for hydroxylation is 1. The Bertz CT molecular complexity index is 359. The van der Waals surface area contributed by atoms with Gasteiger partial charge >= 0.3 is 5.97 Å². The van der Waals surface area contributed by atoms with Crippen molar-refractivity contribution in [2.75, 3.05) is 6.61 Å². The molecule has 0 heterocycles. The van der Waals surface area contributed by atoms with Crippen LogP contribution in [0.5, 0.6) is 0 Å². The van der Waals surface area contributed by atoms with E-state index in [9.17, 15) is 4.79 Å². The van der Waals surface area contributed by atoms with Crippen molar-refractivity contribution in [3.05, 3.63) is 29.8 Å². The van der Waals surface area contributed by atoms with Crippen LogP contribution in [-0.4, -0.2) is 21.4 Å². The molecule has 3 heteroatoms. The first-order valence-electron chi connectivity index (χ1n) is 6.89. The lowest BCUT2D eigenvalue weighted by Crippen LogP contribution is -2.30. The highest BCUT2D eigenvalue weighted by Crippen LogP contribution is 2.08. The summed E-state index contributed by atoms with van der Waals surface area (Å²) in [6.45, 7) is 6.68. The van der Waals surface area contributed by atoms with E-state index in [1.54, 1.807) is 0 Å². The van der Waals surface area contributed by atoms with Crippen molar-refractivity contribution in [3.63, 3.8) is 0 Å². The van der Waals surface area contributed by atoms with Gasteiger partial charge in [-0.1, -0.05) is 54.4 Å². The van der Waals surface area contributed by atoms with Crippen molar-refractivity contribution in [2.24, 2.45) is 0 Å². The van der Waals surface area contributed by atoms with Crippen LogP contribution in [0.1, 0.15) is 32.3 Å². The number of hydrogen-bond donors (Lipinski definition) is 0. The Hall–Kier alpha value is -1.09. The van der Waals surface area contributed by atoms with Crippen molar-refractivity contribution in [1.82, 2.24) is 0 Å². The molecule has 0 N–H and O–H groups in total. The molecule has 2 nitrogen and oxygen atoms in total. The first-order chi connectivity index (χ1) is 8.67. The molecule has 0 bridgehead atoms. The van der Waals surface area contributed by atoms with Crippen molar-refractivity contribution in [3.8, 4) is 0 Å². The maximum Gasteiger partial charge on any atom is 0.305 e. The van der Waals surface area contributed by atoms with Crippen LogP contribution in [0.4, 0.5) is 0 Å². The molecule has 18 heavy (non-hydrogen) atoms. The number of ether oxygens (including phenoxy) is 1. The average Bonchev–Trinajstić information content (AvgIpc) is 2.36. The Morgan fingerprint density at radius 1 is 1.17 bits per heavy atom. The molecular formula is C15H24O2Si. The monoisotopic (exact) mass is 264 g/mol. The quantitative estimate of drug-likeness (QED) is 0.559. The third-order valence-electron chi connectivity index (χ3n) is 3.19. The van der Waals surface area contributed by atoms with Crippen LogP contribution in [0.2, 0.25) is 12.1 Å². The zero-order valence-electron chi connectivity index (χ0n) is 11.7. The predicted octanol–water partition coefficient (Wildman–Crippen LogP) is 2.79. The third-order valence-corrected chi connectivity index (χ3v) is 6.78. The molecule has 1 aromatic carbocycles. The molecular weight excluding hydrogens is 240 g/mol. The van der Waals surface area contributed by atoms with E-state index in [4.69, 9.17) is 4.74 Å². The fraction of sp³-hybridized carbons (Fsp3) is 0.533. The maximum atomic E-state index is 11.4. The summed E-state index contributed by atoms with van der Waals surface area (Å²) >= 11 is 0. The van der Waals surface area contributed by atoms with Gasteiger partial charge in [0.2, 0.25) is 0 Å². The molecule has 1 aromatic rings. The zero-order valence-corrected chi connectivity index (χ0v) is 12.9. The van der Waals surface area contributed by atoms with Gasteiger partial charge in [0.1, 0.15) is 0 Å². The first-order valence-corrected chi connectivity index (χ1v) is 9.10. The fourth-order valence-corrected chi connectivity index (χ4v) is 5.16. The molecule has 0 aliphatic rings. The van der Waals surface area contributed by atoms with Gasteiger partial charge < -0.3 is 4.74 Å². The molecule has 0 aliphatic heterocycles. The van der Waals surface area contributed by atoms with Gasteiger partial charge in [0.15, 0.2) is 0 Å². The summed E-state index contributed by atoms with van der Waals surface area (Å²) in [7, 11) is -0.995. The summed E-state index contributed by atoms with van der Waals surface area (Å²) in [5.74, 6) is -0.0433.